The minimum Gasteiger partial charge on any atom is -0.490 e. The first-order valence-electron chi connectivity index (χ1n) is 6.35. The van der Waals surface area contributed by atoms with Crippen molar-refractivity contribution in [1.29, 1.82) is 0 Å². The summed E-state index contributed by atoms with van der Waals surface area (Å²) in [7, 11) is 1.91. The van der Waals surface area contributed by atoms with Crippen LogP contribution in [-0.2, 0) is 7.05 Å². The summed E-state index contributed by atoms with van der Waals surface area (Å²) in [6, 6.07) is 5.82. The average Bonchev–Trinajstić information content (AvgIpc) is 2.63. The van der Waals surface area contributed by atoms with Gasteiger partial charge in [-0.25, -0.2) is 4.98 Å². The molecule has 0 amide bonds. The van der Waals surface area contributed by atoms with Crippen molar-refractivity contribution < 1.29 is 9.47 Å². The van der Waals surface area contributed by atoms with Crippen LogP contribution in [0, 0.1) is 6.92 Å². The van der Waals surface area contributed by atoms with Gasteiger partial charge in [0.1, 0.15) is 17.3 Å². The molecule has 3 rings (SSSR count). The van der Waals surface area contributed by atoms with Gasteiger partial charge in [-0.15, -0.1) is 0 Å². The Morgan fingerprint density at radius 1 is 1.21 bits per heavy atom. The predicted octanol–water partition coefficient (Wildman–Crippen LogP) is 2.14. The quantitative estimate of drug-likeness (QED) is 0.852. The predicted molar refractivity (Wildman–Crippen MR) is 73.4 cm³/mol. The molecule has 0 saturated heterocycles. The first-order valence-corrected chi connectivity index (χ1v) is 6.35. The van der Waals surface area contributed by atoms with Gasteiger partial charge in [-0.3, -0.25) is 0 Å². The van der Waals surface area contributed by atoms with E-state index in [9.17, 15) is 0 Å². The van der Waals surface area contributed by atoms with E-state index in [0.717, 1.165) is 35.0 Å². The second kappa shape index (κ2) is 4.50. The molecule has 2 N–H and O–H groups in total. The number of nitrogen functional groups attached to an aromatic ring is 1. The molecule has 0 spiro atoms. The number of imidazole rings is 1. The number of fused-ring (bicyclic) bond motifs is 1. The lowest BCUT2D eigenvalue weighted by atomic mass is 10.1. The van der Waals surface area contributed by atoms with Gasteiger partial charge in [-0.1, -0.05) is 0 Å². The third-order valence-electron chi connectivity index (χ3n) is 3.38. The van der Waals surface area contributed by atoms with Crippen molar-refractivity contribution >= 4 is 5.82 Å². The van der Waals surface area contributed by atoms with E-state index >= 15 is 0 Å². The van der Waals surface area contributed by atoms with E-state index in [4.69, 9.17) is 15.2 Å². The molecule has 0 saturated carbocycles. The Kier molecular flexibility index (Phi) is 2.81. The SMILES string of the molecule is Cc1nc(-c2ccc3c(c2)OCCCO3)c(N)n1C. The van der Waals surface area contributed by atoms with Crippen molar-refractivity contribution in [3.63, 3.8) is 0 Å². The van der Waals surface area contributed by atoms with E-state index < -0.39 is 0 Å². The van der Waals surface area contributed by atoms with Gasteiger partial charge in [0.25, 0.3) is 0 Å². The Bertz CT molecular complexity index is 619. The topological polar surface area (TPSA) is 62.3 Å². The maximum absolute atomic E-state index is 6.07. The average molecular weight is 259 g/mol. The molecule has 1 aliphatic heterocycles. The lowest BCUT2D eigenvalue weighted by Crippen LogP contribution is -1.98. The summed E-state index contributed by atoms with van der Waals surface area (Å²) >= 11 is 0. The maximum Gasteiger partial charge on any atom is 0.161 e. The number of rotatable bonds is 1. The minimum atomic E-state index is 0.659. The second-order valence-electron chi connectivity index (χ2n) is 4.66. The smallest absolute Gasteiger partial charge is 0.161 e. The highest BCUT2D eigenvalue weighted by atomic mass is 16.5. The van der Waals surface area contributed by atoms with Crippen molar-refractivity contribution in [3.8, 4) is 22.8 Å². The lowest BCUT2D eigenvalue weighted by Gasteiger charge is -2.08. The Labute approximate surface area is 112 Å². The molecular formula is C14H17N3O2. The molecule has 100 valence electrons. The van der Waals surface area contributed by atoms with E-state index in [1.807, 2.05) is 36.7 Å². The fourth-order valence-electron chi connectivity index (χ4n) is 2.15. The number of nitrogens with zero attached hydrogens (tertiary/aromatic N) is 2. The molecule has 0 radical (unpaired) electrons. The fourth-order valence-corrected chi connectivity index (χ4v) is 2.15. The highest BCUT2D eigenvalue weighted by Crippen LogP contribution is 2.35. The monoisotopic (exact) mass is 259 g/mol. The Balaban J connectivity index is 2.06. The summed E-state index contributed by atoms with van der Waals surface area (Å²) in [5.74, 6) is 3.09. The van der Waals surface area contributed by atoms with Gasteiger partial charge in [0.05, 0.1) is 13.2 Å². The first kappa shape index (κ1) is 11.9. The molecule has 0 bridgehead atoms. The third kappa shape index (κ3) is 2.01. The molecule has 0 unspecified atom stereocenters. The van der Waals surface area contributed by atoms with Crippen molar-refractivity contribution in [2.75, 3.05) is 18.9 Å². The van der Waals surface area contributed by atoms with Gasteiger partial charge in [0.15, 0.2) is 11.5 Å². The Hall–Kier alpha value is -2.17. The molecule has 0 fully saturated rings. The normalized spacial score (nSPS) is 14.2. The molecule has 0 aliphatic carbocycles. The van der Waals surface area contributed by atoms with Crippen LogP contribution in [0.1, 0.15) is 12.2 Å². The molecule has 19 heavy (non-hydrogen) atoms. The standard InChI is InChI=1S/C14H17N3O2/c1-9-16-13(14(15)17(9)2)10-4-5-11-12(8-10)19-7-3-6-18-11/h4-5,8H,3,6-7,15H2,1-2H3. The van der Waals surface area contributed by atoms with E-state index in [-0.39, 0.29) is 0 Å². The number of ether oxygens (including phenoxy) is 2. The van der Waals surface area contributed by atoms with Gasteiger partial charge in [0.2, 0.25) is 0 Å². The number of benzene rings is 1. The van der Waals surface area contributed by atoms with E-state index in [1.165, 1.54) is 0 Å². The molecule has 1 aromatic carbocycles. The minimum absolute atomic E-state index is 0.659. The zero-order valence-electron chi connectivity index (χ0n) is 11.1. The summed E-state index contributed by atoms with van der Waals surface area (Å²) < 4.78 is 13.2. The van der Waals surface area contributed by atoms with E-state index in [1.54, 1.807) is 0 Å². The molecule has 5 heteroatoms. The summed E-state index contributed by atoms with van der Waals surface area (Å²) in [4.78, 5) is 4.49. The highest BCUT2D eigenvalue weighted by molar-refractivity contribution is 5.73. The molecule has 1 aromatic heterocycles. The summed E-state index contributed by atoms with van der Waals surface area (Å²) in [6.07, 6.45) is 0.898. The Morgan fingerprint density at radius 3 is 2.63 bits per heavy atom. The molecule has 2 aromatic rings. The zero-order valence-corrected chi connectivity index (χ0v) is 11.1. The largest absolute Gasteiger partial charge is 0.490 e. The van der Waals surface area contributed by atoms with Gasteiger partial charge in [-0.2, -0.15) is 0 Å². The van der Waals surface area contributed by atoms with Gasteiger partial charge >= 0.3 is 0 Å². The number of nitrogens with two attached hydrogens (primary N) is 1. The van der Waals surface area contributed by atoms with Crippen LogP contribution >= 0.6 is 0 Å². The van der Waals surface area contributed by atoms with Crippen LogP contribution in [0.2, 0.25) is 0 Å². The zero-order chi connectivity index (χ0) is 13.4. The van der Waals surface area contributed by atoms with Crippen molar-refractivity contribution in [3.05, 3.63) is 24.0 Å². The van der Waals surface area contributed by atoms with Crippen molar-refractivity contribution in [2.45, 2.75) is 13.3 Å². The maximum atomic E-state index is 6.07. The number of aryl methyl sites for hydroxylation is 1. The first-order chi connectivity index (χ1) is 9.16. The fraction of sp³-hybridized carbons (Fsp3) is 0.357. The number of aromatic nitrogens is 2. The lowest BCUT2D eigenvalue weighted by molar-refractivity contribution is 0.297. The molecular weight excluding hydrogens is 242 g/mol. The number of hydrogen-bond donors (Lipinski definition) is 1. The van der Waals surface area contributed by atoms with Crippen LogP contribution in [0.5, 0.6) is 11.5 Å². The summed E-state index contributed by atoms with van der Waals surface area (Å²) in [5.41, 5.74) is 7.81. The molecule has 1 aliphatic rings. The third-order valence-corrected chi connectivity index (χ3v) is 3.38. The van der Waals surface area contributed by atoms with Crippen LogP contribution in [-0.4, -0.2) is 22.8 Å². The van der Waals surface area contributed by atoms with Gasteiger partial charge in [-0.05, 0) is 25.1 Å². The summed E-state index contributed by atoms with van der Waals surface area (Å²) in [6.45, 7) is 3.30. The van der Waals surface area contributed by atoms with E-state index in [0.29, 0.717) is 19.0 Å². The molecule has 5 nitrogen and oxygen atoms in total. The van der Waals surface area contributed by atoms with Crippen LogP contribution < -0.4 is 15.2 Å². The second-order valence-corrected chi connectivity index (χ2v) is 4.66. The Morgan fingerprint density at radius 2 is 1.95 bits per heavy atom. The molecule has 0 atom stereocenters. The highest BCUT2D eigenvalue weighted by Gasteiger charge is 2.15. The van der Waals surface area contributed by atoms with Crippen LogP contribution in [0.4, 0.5) is 5.82 Å². The van der Waals surface area contributed by atoms with Crippen LogP contribution in [0.3, 0.4) is 0 Å². The molecule has 2 heterocycles. The number of hydrogen-bond acceptors (Lipinski definition) is 4. The van der Waals surface area contributed by atoms with Crippen molar-refractivity contribution in [1.82, 2.24) is 9.55 Å². The van der Waals surface area contributed by atoms with Crippen LogP contribution in [0.25, 0.3) is 11.3 Å². The van der Waals surface area contributed by atoms with Gasteiger partial charge < -0.3 is 19.8 Å². The van der Waals surface area contributed by atoms with Crippen LogP contribution in [0.15, 0.2) is 18.2 Å². The summed E-state index contributed by atoms with van der Waals surface area (Å²) in [5, 5.41) is 0. The van der Waals surface area contributed by atoms with Gasteiger partial charge in [0, 0.05) is 19.0 Å². The van der Waals surface area contributed by atoms with Crippen molar-refractivity contribution in [2.24, 2.45) is 7.05 Å². The number of anilines is 1. The van der Waals surface area contributed by atoms with E-state index in [2.05, 4.69) is 4.98 Å².